The van der Waals surface area contributed by atoms with E-state index in [1.807, 2.05) is 36.5 Å². The summed E-state index contributed by atoms with van der Waals surface area (Å²) in [4.78, 5) is 6.89. The number of thiocarbonyl (C=S) groups is 1. The Morgan fingerprint density at radius 3 is 2.57 bits per heavy atom. The molecule has 150 valence electrons. The Balaban J connectivity index is 1.54. The summed E-state index contributed by atoms with van der Waals surface area (Å²) < 4.78 is 7.82. The molecule has 0 spiro atoms. The quantitative estimate of drug-likeness (QED) is 0.464. The van der Waals surface area contributed by atoms with Gasteiger partial charge < -0.3 is 19.2 Å². The normalized spacial score (nSPS) is 18.5. The largest absolute Gasteiger partial charge is 0.467 e. The molecule has 4 aromatic rings. The summed E-state index contributed by atoms with van der Waals surface area (Å²) in [6.07, 6.45) is 5.64. The lowest BCUT2D eigenvalue weighted by Gasteiger charge is -2.29. The first kappa shape index (κ1) is 18.6. The molecule has 0 bridgehead atoms. The number of benzene rings is 1. The van der Waals surface area contributed by atoms with Crippen LogP contribution in [0.5, 0.6) is 0 Å². The molecule has 0 unspecified atom stereocenters. The van der Waals surface area contributed by atoms with Crippen molar-refractivity contribution in [1.29, 1.82) is 0 Å². The van der Waals surface area contributed by atoms with E-state index < -0.39 is 0 Å². The van der Waals surface area contributed by atoms with Crippen molar-refractivity contribution in [3.05, 3.63) is 114 Å². The van der Waals surface area contributed by atoms with Gasteiger partial charge in [-0.1, -0.05) is 36.4 Å². The first-order valence-electron chi connectivity index (χ1n) is 9.99. The van der Waals surface area contributed by atoms with E-state index in [1.54, 1.807) is 6.26 Å². The van der Waals surface area contributed by atoms with Crippen LogP contribution in [0.1, 0.15) is 34.8 Å². The van der Waals surface area contributed by atoms with Crippen LogP contribution in [-0.2, 0) is 13.1 Å². The smallest absolute Gasteiger partial charge is 0.170 e. The van der Waals surface area contributed by atoms with Crippen molar-refractivity contribution in [3.8, 4) is 0 Å². The third-order valence-electron chi connectivity index (χ3n) is 5.47. The van der Waals surface area contributed by atoms with Crippen molar-refractivity contribution in [2.75, 3.05) is 0 Å². The van der Waals surface area contributed by atoms with Crippen LogP contribution in [0.2, 0.25) is 0 Å². The molecule has 0 radical (unpaired) electrons. The molecule has 1 aromatic carbocycles. The number of furan rings is 1. The second kappa shape index (κ2) is 8.16. The Morgan fingerprint density at radius 2 is 1.80 bits per heavy atom. The first-order chi connectivity index (χ1) is 14.8. The number of nitrogens with zero attached hydrogens (tertiary/aromatic N) is 3. The fraction of sp³-hybridized carbons (Fsp3) is 0.167. The Hall–Kier alpha value is -3.38. The van der Waals surface area contributed by atoms with E-state index in [0.29, 0.717) is 6.54 Å². The molecule has 0 saturated carbocycles. The SMILES string of the molecule is S=C1N[C@@H](c2ccccn2)[C@H](c2cccn2Cc2ccco2)N1Cc1ccccc1. The van der Waals surface area contributed by atoms with Crippen molar-refractivity contribution in [2.45, 2.75) is 25.2 Å². The lowest BCUT2D eigenvalue weighted by molar-refractivity contribution is 0.296. The van der Waals surface area contributed by atoms with Crippen LogP contribution in [0.25, 0.3) is 0 Å². The summed E-state index contributed by atoms with van der Waals surface area (Å²) in [7, 11) is 0. The molecule has 1 fully saturated rings. The van der Waals surface area contributed by atoms with E-state index >= 15 is 0 Å². The van der Waals surface area contributed by atoms with Crippen molar-refractivity contribution >= 4 is 17.3 Å². The van der Waals surface area contributed by atoms with Gasteiger partial charge in [0.25, 0.3) is 0 Å². The Bertz CT molecular complexity index is 1110. The summed E-state index contributed by atoms with van der Waals surface area (Å²) in [5.41, 5.74) is 3.37. The minimum Gasteiger partial charge on any atom is -0.467 e. The van der Waals surface area contributed by atoms with Gasteiger partial charge >= 0.3 is 0 Å². The summed E-state index contributed by atoms with van der Waals surface area (Å²) in [5.74, 6) is 0.921. The molecule has 5 nitrogen and oxygen atoms in total. The highest BCUT2D eigenvalue weighted by Gasteiger charge is 2.41. The molecular weight excluding hydrogens is 392 g/mol. The molecule has 0 amide bonds. The minimum atomic E-state index is -0.0346. The van der Waals surface area contributed by atoms with Crippen LogP contribution < -0.4 is 5.32 Å². The van der Waals surface area contributed by atoms with Gasteiger partial charge in [-0.15, -0.1) is 0 Å². The van der Waals surface area contributed by atoms with Gasteiger partial charge in [-0.2, -0.15) is 0 Å². The molecule has 5 rings (SSSR count). The van der Waals surface area contributed by atoms with E-state index in [0.717, 1.165) is 23.1 Å². The molecule has 1 aliphatic rings. The molecule has 0 aliphatic carbocycles. The second-order valence-electron chi connectivity index (χ2n) is 7.38. The number of hydrogen-bond acceptors (Lipinski definition) is 3. The Labute approximate surface area is 181 Å². The highest BCUT2D eigenvalue weighted by Crippen LogP contribution is 2.39. The van der Waals surface area contributed by atoms with E-state index in [2.05, 4.69) is 68.4 Å². The molecule has 1 saturated heterocycles. The van der Waals surface area contributed by atoms with Gasteiger partial charge in [0, 0.05) is 24.6 Å². The van der Waals surface area contributed by atoms with Gasteiger partial charge in [0.1, 0.15) is 5.76 Å². The molecule has 1 N–H and O–H groups in total. The van der Waals surface area contributed by atoms with E-state index in [4.69, 9.17) is 16.6 Å². The van der Waals surface area contributed by atoms with Crippen LogP contribution in [0.4, 0.5) is 0 Å². The maximum absolute atomic E-state index is 5.79. The number of rotatable bonds is 6. The van der Waals surface area contributed by atoms with Gasteiger partial charge in [0.2, 0.25) is 0 Å². The minimum absolute atomic E-state index is 0.0116. The maximum atomic E-state index is 5.79. The summed E-state index contributed by atoms with van der Waals surface area (Å²) in [6.45, 7) is 1.40. The zero-order chi connectivity index (χ0) is 20.3. The van der Waals surface area contributed by atoms with Crippen molar-refractivity contribution in [3.63, 3.8) is 0 Å². The standard InChI is InChI=1S/C24H22N4OS/c30-24-26-22(20-11-4-5-13-25-20)23(28(24)16-18-8-2-1-3-9-18)21-12-6-14-27(21)17-19-10-7-15-29-19/h1-15,22-23H,16-17H2,(H,26,30)/t22-,23-/m0/s1. The molecule has 30 heavy (non-hydrogen) atoms. The zero-order valence-corrected chi connectivity index (χ0v) is 17.2. The number of hydrogen-bond donors (Lipinski definition) is 1. The summed E-state index contributed by atoms with van der Waals surface area (Å²) in [6, 6.07) is 24.6. The monoisotopic (exact) mass is 414 g/mol. The van der Waals surface area contributed by atoms with E-state index in [-0.39, 0.29) is 12.1 Å². The van der Waals surface area contributed by atoms with Gasteiger partial charge in [-0.05, 0) is 54.2 Å². The topological polar surface area (TPSA) is 46.2 Å². The van der Waals surface area contributed by atoms with Crippen LogP contribution >= 0.6 is 12.2 Å². The highest BCUT2D eigenvalue weighted by atomic mass is 32.1. The second-order valence-corrected chi connectivity index (χ2v) is 7.77. The first-order valence-corrected chi connectivity index (χ1v) is 10.4. The highest BCUT2D eigenvalue weighted by molar-refractivity contribution is 7.80. The molecule has 1 aliphatic heterocycles. The molecular formula is C24H22N4OS. The van der Waals surface area contributed by atoms with Crippen LogP contribution in [-0.4, -0.2) is 19.6 Å². The van der Waals surface area contributed by atoms with Crippen molar-refractivity contribution in [2.24, 2.45) is 0 Å². The van der Waals surface area contributed by atoms with Crippen LogP contribution in [0.15, 0.2) is 95.9 Å². The Kier molecular flexibility index (Phi) is 5.07. The van der Waals surface area contributed by atoms with Gasteiger partial charge in [0.15, 0.2) is 5.11 Å². The van der Waals surface area contributed by atoms with E-state index in [1.165, 1.54) is 11.3 Å². The average Bonchev–Trinajstić information content (AvgIpc) is 3.52. The zero-order valence-electron chi connectivity index (χ0n) is 16.4. The van der Waals surface area contributed by atoms with Gasteiger partial charge in [-0.25, -0.2) is 0 Å². The average molecular weight is 415 g/mol. The number of nitrogens with one attached hydrogen (secondary N) is 1. The predicted octanol–water partition coefficient (Wildman–Crippen LogP) is 4.70. The molecule has 2 atom stereocenters. The Morgan fingerprint density at radius 1 is 0.933 bits per heavy atom. The van der Waals surface area contributed by atoms with Crippen molar-refractivity contribution < 1.29 is 4.42 Å². The van der Waals surface area contributed by atoms with Gasteiger partial charge in [0.05, 0.1) is 30.6 Å². The maximum Gasteiger partial charge on any atom is 0.170 e. The third-order valence-corrected chi connectivity index (χ3v) is 5.82. The fourth-order valence-electron chi connectivity index (χ4n) is 4.09. The third kappa shape index (κ3) is 3.62. The molecule has 6 heteroatoms. The fourth-order valence-corrected chi connectivity index (χ4v) is 4.39. The van der Waals surface area contributed by atoms with Crippen LogP contribution in [0, 0.1) is 0 Å². The molecule has 3 aromatic heterocycles. The predicted molar refractivity (Wildman–Crippen MR) is 120 cm³/mol. The molecule has 4 heterocycles. The van der Waals surface area contributed by atoms with Crippen molar-refractivity contribution in [1.82, 2.24) is 19.8 Å². The van der Waals surface area contributed by atoms with Gasteiger partial charge in [-0.3, -0.25) is 4.98 Å². The number of pyridine rings is 1. The van der Waals surface area contributed by atoms with Crippen LogP contribution in [0.3, 0.4) is 0 Å². The lowest BCUT2D eigenvalue weighted by Crippen LogP contribution is -2.30. The lowest BCUT2D eigenvalue weighted by atomic mass is 10.0. The summed E-state index contributed by atoms with van der Waals surface area (Å²) in [5, 5.41) is 4.26. The van der Waals surface area contributed by atoms with E-state index in [9.17, 15) is 0 Å². The summed E-state index contributed by atoms with van der Waals surface area (Å²) >= 11 is 5.79. The number of aromatic nitrogens is 2.